The van der Waals surface area contributed by atoms with Gasteiger partial charge in [-0.05, 0) is 36.1 Å². The molecule has 4 heteroatoms. The van der Waals surface area contributed by atoms with Gasteiger partial charge in [0.2, 0.25) is 5.91 Å². The molecular formula is C16H23NO3. The van der Waals surface area contributed by atoms with Gasteiger partial charge in [-0.25, -0.2) is 0 Å². The molecule has 0 spiro atoms. The molecule has 1 unspecified atom stereocenters. The number of amides is 1. The lowest BCUT2D eigenvalue weighted by molar-refractivity contribution is -0.117. The van der Waals surface area contributed by atoms with Crippen molar-refractivity contribution in [2.75, 3.05) is 13.7 Å². The molecule has 2 N–H and O–H groups in total. The van der Waals surface area contributed by atoms with Crippen molar-refractivity contribution in [2.24, 2.45) is 5.92 Å². The first-order valence-electron chi connectivity index (χ1n) is 6.72. The minimum atomic E-state index is -0.524. The standard InChI is InChI=1S/C16H23NO3/c1-11(2)15(18)10-17-16(19)8-12(3)13-6-5-7-14(9-13)20-4/h5-9,11,15,18H,10H2,1-4H3,(H,17,19)/b12-8+. The summed E-state index contributed by atoms with van der Waals surface area (Å²) in [5, 5.41) is 12.3. The lowest BCUT2D eigenvalue weighted by Crippen LogP contribution is -2.33. The van der Waals surface area contributed by atoms with Crippen LogP contribution in [0, 0.1) is 5.92 Å². The van der Waals surface area contributed by atoms with Crippen LogP contribution in [0.25, 0.3) is 5.57 Å². The smallest absolute Gasteiger partial charge is 0.244 e. The number of hydrogen-bond donors (Lipinski definition) is 2. The molecule has 0 aromatic heterocycles. The van der Waals surface area contributed by atoms with Gasteiger partial charge in [0, 0.05) is 12.6 Å². The Morgan fingerprint density at radius 3 is 2.75 bits per heavy atom. The van der Waals surface area contributed by atoms with E-state index in [2.05, 4.69) is 5.32 Å². The highest BCUT2D eigenvalue weighted by Crippen LogP contribution is 2.19. The quantitative estimate of drug-likeness (QED) is 0.784. The minimum Gasteiger partial charge on any atom is -0.497 e. The third-order valence-corrected chi connectivity index (χ3v) is 3.13. The van der Waals surface area contributed by atoms with E-state index in [4.69, 9.17) is 4.74 Å². The van der Waals surface area contributed by atoms with E-state index in [1.54, 1.807) is 7.11 Å². The van der Waals surface area contributed by atoms with Gasteiger partial charge in [-0.3, -0.25) is 4.79 Å². The second kappa shape index (κ2) is 7.70. The first kappa shape index (κ1) is 16.2. The molecule has 0 saturated carbocycles. The number of allylic oxidation sites excluding steroid dienone is 1. The van der Waals surface area contributed by atoms with Gasteiger partial charge < -0.3 is 15.2 Å². The molecule has 1 rings (SSSR count). The maximum absolute atomic E-state index is 11.8. The van der Waals surface area contributed by atoms with Crippen LogP contribution in [0.2, 0.25) is 0 Å². The zero-order chi connectivity index (χ0) is 15.1. The second-order valence-corrected chi connectivity index (χ2v) is 5.12. The van der Waals surface area contributed by atoms with Crippen LogP contribution >= 0.6 is 0 Å². The number of aliphatic hydroxyl groups excluding tert-OH is 1. The van der Waals surface area contributed by atoms with Gasteiger partial charge in [-0.1, -0.05) is 26.0 Å². The molecule has 0 bridgehead atoms. The van der Waals surface area contributed by atoms with E-state index in [9.17, 15) is 9.90 Å². The highest BCUT2D eigenvalue weighted by atomic mass is 16.5. The molecule has 0 aliphatic carbocycles. The summed E-state index contributed by atoms with van der Waals surface area (Å²) in [6.07, 6.45) is 1.01. The lowest BCUT2D eigenvalue weighted by Gasteiger charge is -2.14. The summed E-state index contributed by atoms with van der Waals surface area (Å²) in [6.45, 7) is 5.95. The number of ether oxygens (including phenoxy) is 1. The summed E-state index contributed by atoms with van der Waals surface area (Å²) in [5.74, 6) is 0.676. The van der Waals surface area contributed by atoms with Crippen LogP contribution in [0.4, 0.5) is 0 Å². The number of carbonyl (C=O) groups is 1. The molecule has 0 fully saturated rings. The number of rotatable bonds is 6. The fourth-order valence-electron chi connectivity index (χ4n) is 1.64. The van der Waals surface area contributed by atoms with E-state index < -0.39 is 6.10 Å². The normalized spacial score (nSPS) is 13.2. The molecule has 1 amide bonds. The molecule has 1 aromatic carbocycles. The zero-order valence-corrected chi connectivity index (χ0v) is 12.5. The molecule has 0 heterocycles. The molecule has 4 nitrogen and oxygen atoms in total. The highest BCUT2D eigenvalue weighted by Gasteiger charge is 2.10. The van der Waals surface area contributed by atoms with Crippen molar-refractivity contribution in [3.63, 3.8) is 0 Å². The van der Waals surface area contributed by atoms with E-state index in [0.29, 0.717) is 0 Å². The summed E-state index contributed by atoms with van der Waals surface area (Å²) in [7, 11) is 1.61. The van der Waals surface area contributed by atoms with Crippen molar-refractivity contribution in [3.05, 3.63) is 35.9 Å². The van der Waals surface area contributed by atoms with Gasteiger partial charge in [0.15, 0.2) is 0 Å². The van der Waals surface area contributed by atoms with Crippen LogP contribution in [0.15, 0.2) is 30.3 Å². The average molecular weight is 277 g/mol. The van der Waals surface area contributed by atoms with Gasteiger partial charge in [0.25, 0.3) is 0 Å². The molecule has 110 valence electrons. The first-order chi connectivity index (χ1) is 9.43. The Morgan fingerprint density at radius 1 is 1.45 bits per heavy atom. The van der Waals surface area contributed by atoms with Crippen molar-refractivity contribution in [1.82, 2.24) is 5.32 Å². The van der Waals surface area contributed by atoms with Crippen LogP contribution in [-0.4, -0.2) is 30.8 Å². The Morgan fingerprint density at radius 2 is 2.15 bits per heavy atom. The molecule has 0 aliphatic rings. The van der Waals surface area contributed by atoms with Crippen LogP contribution in [0.1, 0.15) is 26.3 Å². The fraction of sp³-hybridized carbons (Fsp3) is 0.438. The summed E-state index contributed by atoms with van der Waals surface area (Å²) < 4.78 is 5.15. The van der Waals surface area contributed by atoms with Crippen molar-refractivity contribution < 1.29 is 14.6 Å². The molecule has 1 atom stereocenters. The summed E-state index contributed by atoms with van der Waals surface area (Å²) in [5.41, 5.74) is 1.78. The van der Waals surface area contributed by atoms with Gasteiger partial charge >= 0.3 is 0 Å². The number of carbonyl (C=O) groups excluding carboxylic acids is 1. The number of benzene rings is 1. The van der Waals surface area contributed by atoms with Gasteiger partial charge in [-0.15, -0.1) is 0 Å². The van der Waals surface area contributed by atoms with Gasteiger partial charge in [0.05, 0.1) is 13.2 Å². The largest absolute Gasteiger partial charge is 0.497 e. The maximum atomic E-state index is 11.8. The van der Waals surface area contributed by atoms with E-state index >= 15 is 0 Å². The van der Waals surface area contributed by atoms with Crippen LogP contribution in [0.3, 0.4) is 0 Å². The van der Waals surface area contributed by atoms with Crippen molar-refractivity contribution in [1.29, 1.82) is 0 Å². The SMILES string of the molecule is COc1cccc(/C(C)=C/C(=O)NCC(O)C(C)C)c1. The Hall–Kier alpha value is -1.81. The minimum absolute atomic E-state index is 0.124. The predicted molar refractivity (Wildman–Crippen MR) is 80.5 cm³/mol. The summed E-state index contributed by atoms with van der Waals surface area (Å²) >= 11 is 0. The average Bonchev–Trinajstić information content (AvgIpc) is 2.44. The van der Waals surface area contributed by atoms with E-state index in [0.717, 1.165) is 16.9 Å². The number of hydrogen-bond acceptors (Lipinski definition) is 3. The first-order valence-corrected chi connectivity index (χ1v) is 6.72. The Labute approximate surface area is 120 Å². The monoisotopic (exact) mass is 277 g/mol. The molecule has 0 radical (unpaired) electrons. The summed E-state index contributed by atoms with van der Waals surface area (Å²) in [6, 6.07) is 7.54. The van der Waals surface area contributed by atoms with Gasteiger partial charge in [-0.2, -0.15) is 0 Å². The van der Waals surface area contributed by atoms with E-state index in [1.165, 1.54) is 6.08 Å². The molecule has 0 aliphatic heterocycles. The maximum Gasteiger partial charge on any atom is 0.244 e. The Kier molecular flexibility index (Phi) is 6.25. The Balaban J connectivity index is 2.65. The number of nitrogens with one attached hydrogen (secondary N) is 1. The van der Waals surface area contributed by atoms with Crippen LogP contribution in [-0.2, 0) is 4.79 Å². The number of aliphatic hydroxyl groups is 1. The number of methoxy groups -OCH3 is 1. The second-order valence-electron chi connectivity index (χ2n) is 5.12. The Bertz CT molecular complexity index is 480. The van der Waals surface area contributed by atoms with E-state index in [1.807, 2.05) is 45.0 Å². The molecular weight excluding hydrogens is 254 g/mol. The van der Waals surface area contributed by atoms with Crippen molar-refractivity contribution in [3.8, 4) is 5.75 Å². The lowest BCUT2D eigenvalue weighted by atomic mass is 10.1. The summed E-state index contributed by atoms with van der Waals surface area (Å²) in [4.78, 5) is 11.8. The molecule has 0 saturated heterocycles. The van der Waals surface area contributed by atoms with Crippen molar-refractivity contribution in [2.45, 2.75) is 26.9 Å². The van der Waals surface area contributed by atoms with Gasteiger partial charge in [0.1, 0.15) is 5.75 Å². The predicted octanol–water partition coefficient (Wildman–Crippen LogP) is 2.23. The van der Waals surface area contributed by atoms with Crippen LogP contribution < -0.4 is 10.1 Å². The highest BCUT2D eigenvalue weighted by molar-refractivity contribution is 5.94. The van der Waals surface area contributed by atoms with Crippen molar-refractivity contribution >= 4 is 11.5 Å². The third-order valence-electron chi connectivity index (χ3n) is 3.13. The van der Waals surface area contributed by atoms with E-state index in [-0.39, 0.29) is 18.4 Å². The zero-order valence-electron chi connectivity index (χ0n) is 12.5. The molecule has 20 heavy (non-hydrogen) atoms. The fourth-order valence-corrected chi connectivity index (χ4v) is 1.64. The third kappa shape index (κ3) is 5.05. The molecule has 1 aromatic rings. The topological polar surface area (TPSA) is 58.6 Å². The van der Waals surface area contributed by atoms with Crippen LogP contribution in [0.5, 0.6) is 5.75 Å².